The van der Waals surface area contributed by atoms with Crippen molar-refractivity contribution in [1.82, 2.24) is 20.1 Å². The van der Waals surface area contributed by atoms with Crippen molar-refractivity contribution in [3.05, 3.63) is 35.0 Å². The number of rotatable bonds is 3. The largest absolute Gasteiger partial charge is 0.383 e. The average Bonchev–Trinajstić information content (AvgIpc) is 3.33. The summed E-state index contributed by atoms with van der Waals surface area (Å²) in [5.74, 6) is -0.435. The number of carbonyl (C=O) groups is 2. The number of pyridine rings is 1. The Morgan fingerprint density at radius 1 is 1.40 bits per heavy atom. The molecular formula is C21H26N6O2S. The summed E-state index contributed by atoms with van der Waals surface area (Å²) in [7, 11) is 0. The molecule has 0 radical (unpaired) electrons. The zero-order valence-corrected chi connectivity index (χ0v) is 18.2. The molecule has 3 aromatic heterocycles. The third-order valence-corrected chi connectivity index (χ3v) is 7.26. The Balaban J connectivity index is 1.60. The molecule has 9 heteroatoms. The molecule has 0 aromatic carbocycles. The molecule has 2 atom stereocenters. The lowest BCUT2D eigenvalue weighted by Gasteiger charge is -2.46. The van der Waals surface area contributed by atoms with Crippen molar-refractivity contribution in [3.63, 3.8) is 0 Å². The maximum atomic E-state index is 13.3. The molecule has 4 rings (SSSR count). The van der Waals surface area contributed by atoms with E-state index in [-0.39, 0.29) is 0 Å². The quantitative estimate of drug-likeness (QED) is 0.556. The Hall–Kier alpha value is -2.94. The van der Waals surface area contributed by atoms with Crippen LogP contribution in [0.25, 0.3) is 10.2 Å². The number of likely N-dealkylation sites (tertiary alicyclic amines) is 1. The van der Waals surface area contributed by atoms with E-state index in [0.717, 1.165) is 33.5 Å². The Morgan fingerprint density at radius 2 is 2.20 bits per heavy atom. The SMILES string of the molecule is CCc1cc(NC(=O)C(=O)N2C[C@@H](C)CC[C@@]2(C)c2cc3cn[nH]c3s2)cnc1N. The van der Waals surface area contributed by atoms with Crippen molar-refractivity contribution in [3.8, 4) is 0 Å². The van der Waals surface area contributed by atoms with Gasteiger partial charge in [0.1, 0.15) is 10.6 Å². The zero-order valence-electron chi connectivity index (χ0n) is 17.4. The molecule has 2 amide bonds. The molecule has 4 N–H and O–H groups in total. The number of nitrogens with zero attached hydrogens (tertiary/aromatic N) is 3. The van der Waals surface area contributed by atoms with Crippen molar-refractivity contribution in [2.75, 3.05) is 17.6 Å². The fourth-order valence-corrected chi connectivity index (χ4v) is 5.19. The first-order chi connectivity index (χ1) is 14.3. The van der Waals surface area contributed by atoms with Gasteiger partial charge < -0.3 is 16.0 Å². The average molecular weight is 427 g/mol. The van der Waals surface area contributed by atoms with Crippen molar-refractivity contribution < 1.29 is 9.59 Å². The fourth-order valence-electron chi connectivity index (χ4n) is 4.02. The normalized spacial score (nSPS) is 21.7. The highest BCUT2D eigenvalue weighted by Crippen LogP contribution is 2.43. The maximum absolute atomic E-state index is 13.3. The van der Waals surface area contributed by atoms with Crippen LogP contribution in [-0.2, 0) is 21.5 Å². The van der Waals surface area contributed by atoms with Gasteiger partial charge in [-0.2, -0.15) is 5.10 Å². The maximum Gasteiger partial charge on any atom is 0.313 e. The van der Waals surface area contributed by atoms with E-state index in [1.807, 2.05) is 13.8 Å². The van der Waals surface area contributed by atoms with Gasteiger partial charge in [-0.1, -0.05) is 13.8 Å². The highest BCUT2D eigenvalue weighted by Gasteiger charge is 2.44. The number of piperidine rings is 1. The molecule has 1 aliphatic rings. The predicted molar refractivity (Wildman–Crippen MR) is 118 cm³/mol. The molecule has 1 saturated heterocycles. The van der Waals surface area contributed by atoms with Crippen molar-refractivity contribution in [2.24, 2.45) is 5.92 Å². The van der Waals surface area contributed by atoms with Crippen molar-refractivity contribution >= 4 is 44.9 Å². The fraction of sp³-hybridized carbons (Fsp3) is 0.429. The molecule has 1 fully saturated rings. The van der Waals surface area contributed by atoms with E-state index in [2.05, 4.69) is 33.5 Å². The minimum absolute atomic E-state index is 0.325. The topological polar surface area (TPSA) is 117 Å². The summed E-state index contributed by atoms with van der Waals surface area (Å²) in [6, 6.07) is 3.83. The number of hydrogen-bond acceptors (Lipinski definition) is 6. The third kappa shape index (κ3) is 3.54. The number of nitrogens with one attached hydrogen (secondary N) is 2. The molecule has 4 heterocycles. The lowest BCUT2D eigenvalue weighted by Crippen LogP contribution is -2.55. The number of nitrogens with two attached hydrogens (primary N) is 1. The monoisotopic (exact) mass is 426 g/mol. The Bertz CT molecular complexity index is 1080. The first-order valence-electron chi connectivity index (χ1n) is 10.1. The summed E-state index contributed by atoms with van der Waals surface area (Å²) in [5, 5.41) is 10.8. The number of aromatic amines is 1. The summed E-state index contributed by atoms with van der Waals surface area (Å²) < 4.78 is 0. The molecule has 0 aliphatic carbocycles. The second kappa shape index (κ2) is 7.71. The molecule has 158 valence electrons. The van der Waals surface area contributed by atoms with Crippen LogP contribution in [0.15, 0.2) is 24.5 Å². The van der Waals surface area contributed by atoms with Gasteiger partial charge in [0.05, 0.1) is 23.6 Å². The van der Waals surface area contributed by atoms with Crippen LogP contribution in [-0.4, -0.2) is 38.4 Å². The van der Waals surface area contributed by atoms with E-state index in [4.69, 9.17) is 5.73 Å². The smallest absolute Gasteiger partial charge is 0.313 e. The Morgan fingerprint density at radius 3 is 2.93 bits per heavy atom. The van der Waals surface area contributed by atoms with Crippen LogP contribution in [0.5, 0.6) is 0 Å². The molecule has 8 nitrogen and oxygen atoms in total. The molecule has 30 heavy (non-hydrogen) atoms. The van der Waals surface area contributed by atoms with Crippen molar-refractivity contribution in [2.45, 2.75) is 45.6 Å². The van der Waals surface area contributed by atoms with Crippen LogP contribution in [0.3, 0.4) is 0 Å². The van der Waals surface area contributed by atoms with Gasteiger partial charge in [0.15, 0.2) is 0 Å². The number of hydrogen-bond donors (Lipinski definition) is 3. The van der Waals surface area contributed by atoms with Gasteiger partial charge in [-0.3, -0.25) is 14.7 Å². The molecule has 0 unspecified atom stereocenters. The molecule has 3 aromatic rings. The summed E-state index contributed by atoms with van der Waals surface area (Å²) in [6.45, 7) is 6.65. The van der Waals surface area contributed by atoms with E-state index in [9.17, 15) is 9.59 Å². The van der Waals surface area contributed by atoms with Gasteiger partial charge >= 0.3 is 11.8 Å². The van der Waals surface area contributed by atoms with Crippen molar-refractivity contribution in [1.29, 1.82) is 0 Å². The van der Waals surface area contributed by atoms with Crippen LogP contribution < -0.4 is 11.1 Å². The Labute approximate surface area is 178 Å². The third-order valence-electron chi connectivity index (χ3n) is 5.95. The first kappa shape index (κ1) is 20.3. The van der Waals surface area contributed by atoms with Crippen LogP contribution in [0.2, 0.25) is 0 Å². The second-order valence-corrected chi connectivity index (χ2v) is 9.23. The summed E-state index contributed by atoms with van der Waals surface area (Å²) in [5.41, 5.74) is 6.60. The van der Waals surface area contributed by atoms with Gasteiger partial charge in [-0.25, -0.2) is 4.98 Å². The standard InChI is InChI=1S/C21H26N6O2S/c1-4-13-7-15(10-23-17(13)22)25-18(28)20(29)27-11-12(2)5-6-21(27,3)16-8-14-9-24-26-19(14)30-16/h7-10,12H,4-6,11H2,1-3H3,(H2,22,23)(H,24,26)(H,25,28)/t12-,21-/m0/s1. The number of aromatic nitrogens is 3. The zero-order chi connectivity index (χ0) is 21.5. The van der Waals surface area contributed by atoms with Crippen LogP contribution in [0.1, 0.15) is 44.1 Å². The lowest BCUT2D eigenvalue weighted by atomic mass is 9.82. The number of H-pyrrole nitrogens is 1. The summed E-state index contributed by atoms with van der Waals surface area (Å²) >= 11 is 1.59. The second-order valence-electron chi connectivity index (χ2n) is 8.17. The lowest BCUT2D eigenvalue weighted by molar-refractivity contribution is -0.150. The van der Waals surface area contributed by atoms with Crippen LogP contribution >= 0.6 is 11.3 Å². The van der Waals surface area contributed by atoms with Gasteiger partial charge in [-0.15, -0.1) is 11.3 Å². The van der Waals surface area contributed by atoms with Gasteiger partial charge in [0.25, 0.3) is 0 Å². The van der Waals surface area contributed by atoms with E-state index in [0.29, 0.717) is 30.4 Å². The number of fused-ring (bicyclic) bond motifs is 1. The molecule has 0 bridgehead atoms. The molecule has 0 spiro atoms. The van der Waals surface area contributed by atoms with E-state index >= 15 is 0 Å². The number of amides is 2. The predicted octanol–water partition coefficient (Wildman–Crippen LogP) is 3.28. The number of aryl methyl sites for hydroxylation is 1. The first-order valence-corrected chi connectivity index (χ1v) is 10.9. The molecule has 1 aliphatic heterocycles. The highest BCUT2D eigenvalue weighted by atomic mass is 32.1. The van der Waals surface area contributed by atoms with Crippen LogP contribution in [0.4, 0.5) is 11.5 Å². The van der Waals surface area contributed by atoms with E-state index in [1.54, 1.807) is 28.5 Å². The highest BCUT2D eigenvalue weighted by molar-refractivity contribution is 7.18. The number of carbonyl (C=O) groups excluding carboxylic acids is 2. The van der Waals surface area contributed by atoms with Gasteiger partial charge in [0, 0.05) is 16.8 Å². The van der Waals surface area contributed by atoms with E-state index < -0.39 is 17.4 Å². The molecule has 0 saturated carbocycles. The number of anilines is 2. The minimum Gasteiger partial charge on any atom is -0.383 e. The summed E-state index contributed by atoms with van der Waals surface area (Å²) in [6.07, 6.45) is 5.74. The summed E-state index contributed by atoms with van der Waals surface area (Å²) in [4.78, 5) is 34.0. The molecular weight excluding hydrogens is 400 g/mol. The minimum atomic E-state index is -0.660. The number of thiophene rings is 1. The van der Waals surface area contributed by atoms with E-state index in [1.165, 1.54) is 6.20 Å². The number of nitrogen functional groups attached to an aromatic ring is 1. The Kier molecular flexibility index (Phi) is 5.23. The van der Waals surface area contributed by atoms with Gasteiger partial charge in [0.2, 0.25) is 0 Å². The van der Waals surface area contributed by atoms with Gasteiger partial charge in [-0.05, 0) is 49.8 Å². The van der Waals surface area contributed by atoms with Crippen LogP contribution in [0, 0.1) is 5.92 Å².